The zero-order valence-electron chi connectivity index (χ0n) is 13.9. The molecule has 0 aliphatic carbocycles. The minimum absolute atomic E-state index is 0.000614. The fraction of sp³-hybridized carbons (Fsp3) is 0.500. The highest BCUT2D eigenvalue weighted by atomic mass is 28.4. The van der Waals surface area contributed by atoms with Crippen molar-refractivity contribution in [1.82, 2.24) is 0 Å². The summed E-state index contributed by atoms with van der Waals surface area (Å²) in [5, 5.41) is 0.000614. The van der Waals surface area contributed by atoms with Crippen LogP contribution in [0.25, 0.3) is 0 Å². The highest BCUT2D eigenvalue weighted by Gasteiger charge is 2.40. The van der Waals surface area contributed by atoms with Gasteiger partial charge < -0.3 is 4.43 Å². The van der Waals surface area contributed by atoms with Gasteiger partial charge in [0.15, 0.2) is 5.78 Å². The maximum atomic E-state index is 12.2. The van der Waals surface area contributed by atoms with Crippen LogP contribution in [0.3, 0.4) is 0 Å². The number of rotatable bonds is 5. The maximum Gasteiger partial charge on any atom is 0.450 e. The van der Waals surface area contributed by atoms with E-state index < -0.39 is 32.5 Å². The molecule has 1 aromatic rings. The van der Waals surface area contributed by atoms with Gasteiger partial charge in [0, 0.05) is 5.56 Å². The summed E-state index contributed by atoms with van der Waals surface area (Å²) in [6.45, 7) is 10.4. The number of Topliss-reactive ketones (excluding diaryl/α,β-unsaturated/α-hetero) is 2. The first kappa shape index (κ1) is 19.4. The zero-order chi connectivity index (χ0) is 18.1. The van der Waals surface area contributed by atoms with Crippen molar-refractivity contribution in [3.05, 3.63) is 29.8 Å². The molecule has 0 atom stereocenters. The number of carbonyl (C=O) groups is 2. The average molecular weight is 346 g/mol. The first-order valence-corrected chi connectivity index (χ1v) is 10.1. The molecule has 0 N–H and O–H groups in total. The van der Waals surface area contributed by atoms with Gasteiger partial charge in [0.05, 0.1) is 6.42 Å². The molecule has 7 heteroatoms. The Morgan fingerprint density at radius 1 is 1.04 bits per heavy atom. The molecular formula is C16H21F3O3Si. The van der Waals surface area contributed by atoms with Gasteiger partial charge in [-0.15, -0.1) is 0 Å². The van der Waals surface area contributed by atoms with Gasteiger partial charge in [0.25, 0.3) is 0 Å². The summed E-state index contributed by atoms with van der Waals surface area (Å²) in [6.07, 6.45) is -6.16. The lowest BCUT2D eigenvalue weighted by atomic mass is 10.1. The van der Waals surface area contributed by atoms with Crippen LogP contribution in [0.15, 0.2) is 24.3 Å². The molecule has 0 radical (unpaired) electrons. The van der Waals surface area contributed by atoms with Crippen LogP contribution < -0.4 is 4.43 Å². The third kappa shape index (κ3) is 5.19. The second-order valence-electron chi connectivity index (χ2n) is 6.91. The third-order valence-electron chi connectivity index (χ3n) is 3.99. The minimum Gasteiger partial charge on any atom is -0.544 e. The predicted octanol–water partition coefficient (Wildman–Crippen LogP) is 4.77. The van der Waals surface area contributed by atoms with E-state index in [-0.39, 0.29) is 10.6 Å². The average Bonchev–Trinajstić information content (AvgIpc) is 2.36. The summed E-state index contributed by atoms with van der Waals surface area (Å²) in [5.74, 6) is -2.33. The highest BCUT2D eigenvalue weighted by Crippen LogP contribution is 2.37. The standard InChI is InChI=1S/C16H21F3O3Si/c1-15(2,3)23(4,5)22-12-8-6-11(7-9-12)13(20)10-14(21)16(17,18)19/h6-9H,10H2,1-5H3. The molecule has 23 heavy (non-hydrogen) atoms. The Balaban J connectivity index is 2.81. The van der Waals surface area contributed by atoms with Crippen molar-refractivity contribution in [3.63, 3.8) is 0 Å². The summed E-state index contributed by atoms with van der Waals surface area (Å²) >= 11 is 0. The molecule has 0 spiro atoms. The van der Waals surface area contributed by atoms with Crippen molar-refractivity contribution in [1.29, 1.82) is 0 Å². The van der Waals surface area contributed by atoms with Crippen molar-refractivity contribution in [2.45, 2.75) is 51.5 Å². The van der Waals surface area contributed by atoms with Crippen LogP contribution in [0.2, 0.25) is 18.1 Å². The van der Waals surface area contributed by atoms with Crippen LogP contribution in [0.1, 0.15) is 37.6 Å². The van der Waals surface area contributed by atoms with Crippen molar-refractivity contribution in [3.8, 4) is 5.75 Å². The Morgan fingerprint density at radius 3 is 1.91 bits per heavy atom. The van der Waals surface area contributed by atoms with Crippen molar-refractivity contribution in [2.24, 2.45) is 0 Å². The number of halogens is 3. The quantitative estimate of drug-likeness (QED) is 0.438. The Hall–Kier alpha value is -1.63. The Labute approximate surface area is 135 Å². The van der Waals surface area contributed by atoms with Crippen molar-refractivity contribution in [2.75, 3.05) is 0 Å². The normalized spacial score (nSPS) is 12.9. The van der Waals surface area contributed by atoms with Crippen LogP contribution in [0.5, 0.6) is 5.75 Å². The largest absolute Gasteiger partial charge is 0.544 e. The van der Waals surface area contributed by atoms with E-state index in [1.54, 1.807) is 12.1 Å². The number of ketones is 2. The van der Waals surface area contributed by atoms with Gasteiger partial charge in [-0.3, -0.25) is 9.59 Å². The molecule has 3 nitrogen and oxygen atoms in total. The van der Waals surface area contributed by atoms with Gasteiger partial charge in [-0.05, 0) is 42.4 Å². The van der Waals surface area contributed by atoms with E-state index in [0.29, 0.717) is 5.75 Å². The SMILES string of the molecule is CC(C)(C)[Si](C)(C)Oc1ccc(C(=O)CC(=O)C(F)(F)F)cc1. The lowest BCUT2D eigenvalue weighted by Crippen LogP contribution is -2.43. The number of hydrogen-bond donors (Lipinski definition) is 0. The van der Waals surface area contributed by atoms with Crippen LogP contribution in [-0.4, -0.2) is 26.1 Å². The van der Waals surface area contributed by atoms with E-state index in [4.69, 9.17) is 4.43 Å². The molecule has 1 rings (SSSR count). The fourth-order valence-corrected chi connectivity index (χ4v) is 2.54. The molecule has 0 aromatic heterocycles. The zero-order valence-corrected chi connectivity index (χ0v) is 14.9. The number of carbonyl (C=O) groups excluding carboxylic acids is 2. The summed E-state index contributed by atoms with van der Waals surface area (Å²) in [7, 11) is -2.03. The second kappa shape index (κ2) is 6.47. The number of benzene rings is 1. The van der Waals surface area contributed by atoms with Gasteiger partial charge >= 0.3 is 6.18 Å². The predicted molar refractivity (Wildman–Crippen MR) is 84.3 cm³/mol. The number of hydrogen-bond acceptors (Lipinski definition) is 3. The highest BCUT2D eigenvalue weighted by molar-refractivity contribution is 6.74. The molecule has 0 heterocycles. The molecule has 128 valence electrons. The lowest BCUT2D eigenvalue weighted by molar-refractivity contribution is -0.170. The summed E-state index contributed by atoms with van der Waals surface area (Å²) in [4.78, 5) is 22.6. The maximum absolute atomic E-state index is 12.2. The van der Waals surface area contributed by atoms with E-state index in [1.807, 2.05) is 0 Å². The Morgan fingerprint density at radius 2 is 1.52 bits per heavy atom. The monoisotopic (exact) mass is 346 g/mol. The minimum atomic E-state index is -4.99. The van der Waals surface area contributed by atoms with Crippen molar-refractivity contribution < 1.29 is 27.2 Å². The molecule has 0 aliphatic rings. The van der Waals surface area contributed by atoms with E-state index in [1.165, 1.54) is 12.1 Å². The molecule has 0 unspecified atom stereocenters. The van der Waals surface area contributed by atoms with E-state index in [0.717, 1.165) is 0 Å². The van der Waals surface area contributed by atoms with Gasteiger partial charge in [-0.1, -0.05) is 20.8 Å². The molecule has 0 fully saturated rings. The smallest absolute Gasteiger partial charge is 0.450 e. The Kier molecular flexibility index (Phi) is 5.46. The second-order valence-corrected chi connectivity index (χ2v) is 11.6. The van der Waals surface area contributed by atoms with Gasteiger partial charge in [-0.2, -0.15) is 13.2 Å². The summed E-state index contributed by atoms with van der Waals surface area (Å²) < 4.78 is 42.5. The first-order chi connectivity index (χ1) is 10.2. The summed E-state index contributed by atoms with van der Waals surface area (Å²) in [6, 6.07) is 5.86. The van der Waals surface area contributed by atoms with Gasteiger partial charge in [0.1, 0.15) is 5.75 Å². The fourth-order valence-electron chi connectivity index (χ4n) is 1.50. The van der Waals surface area contributed by atoms with E-state index in [9.17, 15) is 22.8 Å². The number of alkyl halides is 3. The van der Waals surface area contributed by atoms with Crippen LogP contribution >= 0.6 is 0 Å². The van der Waals surface area contributed by atoms with E-state index in [2.05, 4.69) is 33.9 Å². The third-order valence-corrected chi connectivity index (χ3v) is 8.35. The lowest BCUT2D eigenvalue weighted by Gasteiger charge is -2.36. The molecule has 0 saturated heterocycles. The molecule has 0 amide bonds. The van der Waals surface area contributed by atoms with Gasteiger partial charge in [0.2, 0.25) is 14.1 Å². The van der Waals surface area contributed by atoms with Crippen LogP contribution in [0, 0.1) is 0 Å². The molecule has 0 saturated carbocycles. The molecule has 1 aromatic carbocycles. The van der Waals surface area contributed by atoms with Gasteiger partial charge in [-0.25, -0.2) is 0 Å². The molecular weight excluding hydrogens is 325 g/mol. The van der Waals surface area contributed by atoms with E-state index >= 15 is 0 Å². The van der Waals surface area contributed by atoms with Crippen LogP contribution in [-0.2, 0) is 4.79 Å². The molecule has 0 aliphatic heterocycles. The Bertz CT molecular complexity index is 584. The summed E-state index contributed by atoms with van der Waals surface area (Å²) in [5.41, 5.74) is 0.0604. The molecule has 0 bridgehead atoms. The first-order valence-electron chi connectivity index (χ1n) is 7.16. The van der Waals surface area contributed by atoms with Crippen molar-refractivity contribution >= 4 is 19.9 Å². The van der Waals surface area contributed by atoms with Crippen LogP contribution in [0.4, 0.5) is 13.2 Å². The topological polar surface area (TPSA) is 43.4 Å².